The molecule has 1 aromatic carbocycles. The van der Waals surface area contributed by atoms with Gasteiger partial charge in [0.2, 0.25) is 5.91 Å². The standard InChI is InChI=1S/C13H17BrN2O/c1-10-8-12(14)3-2-11(10)9-13(17)16-6-4-15-5-7-16/h2-3,8,15H,4-7,9H2,1H3. The number of aryl methyl sites for hydroxylation is 1. The van der Waals surface area contributed by atoms with Crippen molar-refractivity contribution in [1.82, 2.24) is 10.2 Å². The van der Waals surface area contributed by atoms with E-state index in [-0.39, 0.29) is 5.91 Å². The molecule has 1 aliphatic rings. The highest BCUT2D eigenvalue weighted by atomic mass is 79.9. The second kappa shape index (κ2) is 5.65. The quantitative estimate of drug-likeness (QED) is 0.901. The number of nitrogens with zero attached hydrogens (tertiary/aromatic N) is 1. The number of carbonyl (C=O) groups is 1. The number of hydrogen-bond acceptors (Lipinski definition) is 2. The van der Waals surface area contributed by atoms with Gasteiger partial charge in [-0.3, -0.25) is 4.79 Å². The van der Waals surface area contributed by atoms with Crippen molar-refractivity contribution in [3.63, 3.8) is 0 Å². The van der Waals surface area contributed by atoms with Gasteiger partial charge in [0.25, 0.3) is 0 Å². The average molecular weight is 297 g/mol. The molecule has 92 valence electrons. The molecular weight excluding hydrogens is 280 g/mol. The molecule has 1 amide bonds. The zero-order valence-corrected chi connectivity index (χ0v) is 11.6. The molecule has 0 aliphatic carbocycles. The van der Waals surface area contributed by atoms with Crippen molar-refractivity contribution in [3.8, 4) is 0 Å². The van der Waals surface area contributed by atoms with Crippen LogP contribution in [-0.4, -0.2) is 37.0 Å². The third-order valence-electron chi connectivity index (χ3n) is 3.12. The molecule has 1 N–H and O–H groups in total. The van der Waals surface area contributed by atoms with E-state index in [9.17, 15) is 4.79 Å². The maximum absolute atomic E-state index is 12.1. The molecule has 2 rings (SSSR count). The van der Waals surface area contributed by atoms with Crippen molar-refractivity contribution in [3.05, 3.63) is 33.8 Å². The third kappa shape index (κ3) is 3.30. The molecule has 0 saturated carbocycles. The normalized spacial score (nSPS) is 16.0. The third-order valence-corrected chi connectivity index (χ3v) is 3.61. The van der Waals surface area contributed by atoms with E-state index in [4.69, 9.17) is 0 Å². The van der Waals surface area contributed by atoms with Crippen LogP contribution in [0.1, 0.15) is 11.1 Å². The number of benzene rings is 1. The number of hydrogen-bond donors (Lipinski definition) is 1. The lowest BCUT2D eigenvalue weighted by Gasteiger charge is -2.27. The van der Waals surface area contributed by atoms with E-state index in [0.717, 1.165) is 36.2 Å². The largest absolute Gasteiger partial charge is 0.340 e. The van der Waals surface area contributed by atoms with Gasteiger partial charge in [0.05, 0.1) is 6.42 Å². The first-order chi connectivity index (χ1) is 8.16. The summed E-state index contributed by atoms with van der Waals surface area (Å²) in [5.74, 6) is 0.233. The molecule has 0 bridgehead atoms. The molecule has 1 aromatic rings. The Morgan fingerprint density at radius 3 is 2.76 bits per heavy atom. The minimum absolute atomic E-state index is 0.233. The number of piperazine rings is 1. The van der Waals surface area contributed by atoms with Crippen LogP contribution >= 0.6 is 15.9 Å². The van der Waals surface area contributed by atoms with Crippen LogP contribution in [0.2, 0.25) is 0 Å². The number of halogens is 1. The Bertz CT molecular complexity index is 414. The Balaban J connectivity index is 2.02. The fourth-order valence-corrected chi connectivity index (χ4v) is 2.52. The summed E-state index contributed by atoms with van der Waals surface area (Å²) in [6, 6.07) is 6.08. The molecule has 0 unspecified atom stereocenters. The summed E-state index contributed by atoms with van der Waals surface area (Å²) in [7, 11) is 0. The maximum atomic E-state index is 12.1. The van der Waals surface area contributed by atoms with E-state index in [1.807, 2.05) is 24.0 Å². The molecule has 1 fully saturated rings. The summed E-state index contributed by atoms with van der Waals surface area (Å²) in [6.45, 7) is 5.52. The summed E-state index contributed by atoms with van der Waals surface area (Å²) >= 11 is 3.44. The molecule has 0 spiro atoms. The molecule has 0 atom stereocenters. The van der Waals surface area contributed by atoms with Gasteiger partial charge in [-0.25, -0.2) is 0 Å². The Kier molecular flexibility index (Phi) is 4.18. The molecule has 4 heteroatoms. The van der Waals surface area contributed by atoms with Crippen LogP contribution in [0.4, 0.5) is 0 Å². The zero-order chi connectivity index (χ0) is 12.3. The highest BCUT2D eigenvalue weighted by Gasteiger charge is 2.16. The van der Waals surface area contributed by atoms with E-state index in [2.05, 4.69) is 27.3 Å². The topological polar surface area (TPSA) is 32.3 Å². The van der Waals surface area contributed by atoms with Gasteiger partial charge in [0, 0.05) is 30.7 Å². The highest BCUT2D eigenvalue weighted by molar-refractivity contribution is 9.10. The monoisotopic (exact) mass is 296 g/mol. The Morgan fingerprint density at radius 1 is 1.41 bits per heavy atom. The van der Waals surface area contributed by atoms with E-state index in [1.54, 1.807) is 0 Å². The van der Waals surface area contributed by atoms with Gasteiger partial charge in [0.15, 0.2) is 0 Å². The lowest BCUT2D eigenvalue weighted by atomic mass is 10.1. The van der Waals surface area contributed by atoms with Crippen molar-refractivity contribution >= 4 is 21.8 Å². The van der Waals surface area contributed by atoms with Crippen molar-refractivity contribution in [1.29, 1.82) is 0 Å². The van der Waals surface area contributed by atoms with Crippen LogP contribution in [0.5, 0.6) is 0 Å². The van der Waals surface area contributed by atoms with Crippen LogP contribution in [-0.2, 0) is 11.2 Å². The first kappa shape index (κ1) is 12.6. The molecule has 17 heavy (non-hydrogen) atoms. The van der Waals surface area contributed by atoms with Gasteiger partial charge in [-0.15, -0.1) is 0 Å². The molecule has 3 nitrogen and oxygen atoms in total. The molecule has 0 aromatic heterocycles. The number of amides is 1. The summed E-state index contributed by atoms with van der Waals surface area (Å²) < 4.78 is 1.06. The van der Waals surface area contributed by atoms with Gasteiger partial charge < -0.3 is 10.2 Å². The predicted octanol–water partition coefficient (Wildman–Crippen LogP) is 1.73. The summed E-state index contributed by atoms with van der Waals surface area (Å²) in [6.07, 6.45) is 0.513. The van der Waals surface area contributed by atoms with Crippen LogP contribution in [0.3, 0.4) is 0 Å². The van der Waals surface area contributed by atoms with Crippen molar-refractivity contribution < 1.29 is 4.79 Å². The van der Waals surface area contributed by atoms with Crippen LogP contribution in [0, 0.1) is 6.92 Å². The number of nitrogens with one attached hydrogen (secondary N) is 1. The van der Waals surface area contributed by atoms with Gasteiger partial charge >= 0.3 is 0 Å². The summed E-state index contributed by atoms with van der Waals surface area (Å²) in [4.78, 5) is 14.0. The Morgan fingerprint density at radius 2 is 2.12 bits per heavy atom. The lowest BCUT2D eigenvalue weighted by molar-refractivity contribution is -0.131. The Hall–Kier alpha value is -0.870. The van der Waals surface area contributed by atoms with Gasteiger partial charge in [0.1, 0.15) is 0 Å². The van der Waals surface area contributed by atoms with Gasteiger partial charge in [-0.1, -0.05) is 22.0 Å². The minimum Gasteiger partial charge on any atom is -0.340 e. The van der Waals surface area contributed by atoms with Crippen molar-refractivity contribution in [2.45, 2.75) is 13.3 Å². The summed E-state index contributed by atoms with van der Waals surface area (Å²) in [5, 5.41) is 3.25. The number of carbonyl (C=O) groups excluding carboxylic acids is 1. The minimum atomic E-state index is 0.233. The first-order valence-electron chi connectivity index (χ1n) is 5.90. The van der Waals surface area contributed by atoms with Gasteiger partial charge in [-0.05, 0) is 30.2 Å². The second-order valence-corrected chi connectivity index (χ2v) is 5.29. The second-order valence-electron chi connectivity index (χ2n) is 4.38. The van der Waals surface area contributed by atoms with E-state index >= 15 is 0 Å². The zero-order valence-electron chi connectivity index (χ0n) is 10.0. The van der Waals surface area contributed by atoms with Crippen molar-refractivity contribution in [2.75, 3.05) is 26.2 Å². The average Bonchev–Trinajstić information content (AvgIpc) is 2.34. The SMILES string of the molecule is Cc1cc(Br)ccc1CC(=O)N1CCNCC1. The Labute approximate surface area is 110 Å². The van der Waals surface area contributed by atoms with Crippen LogP contribution < -0.4 is 5.32 Å². The highest BCUT2D eigenvalue weighted by Crippen LogP contribution is 2.17. The van der Waals surface area contributed by atoms with Crippen molar-refractivity contribution in [2.24, 2.45) is 0 Å². The fourth-order valence-electron chi connectivity index (χ4n) is 2.05. The maximum Gasteiger partial charge on any atom is 0.227 e. The van der Waals surface area contributed by atoms with Gasteiger partial charge in [-0.2, -0.15) is 0 Å². The predicted molar refractivity (Wildman–Crippen MR) is 72.0 cm³/mol. The fraction of sp³-hybridized carbons (Fsp3) is 0.462. The molecule has 1 aliphatic heterocycles. The smallest absolute Gasteiger partial charge is 0.227 e. The van der Waals surface area contributed by atoms with Crippen LogP contribution in [0.25, 0.3) is 0 Å². The lowest BCUT2D eigenvalue weighted by Crippen LogP contribution is -2.47. The molecular formula is C13H17BrN2O. The molecule has 0 radical (unpaired) electrons. The summed E-state index contributed by atoms with van der Waals surface area (Å²) in [5.41, 5.74) is 2.29. The van der Waals surface area contributed by atoms with E-state index < -0.39 is 0 Å². The van der Waals surface area contributed by atoms with E-state index in [1.165, 1.54) is 5.56 Å². The van der Waals surface area contributed by atoms with E-state index in [0.29, 0.717) is 6.42 Å². The molecule has 1 heterocycles. The number of rotatable bonds is 2. The molecule has 1 saturated heterocycles. The van der Waals surface area contributed by atoms with Crippen LogP contribution in [0.15, 0.2) is 22.7 Å². The first-order valence-corrected chi connectivity index (χ1v) is 6.69.